The van der Waals surface area contributed by atoms with E-state index >= 15 is 0 Å². The molecule has 0 spiro atoms. The van der Waals surface area contributed by atoms with E-state index in [1.165, 1.54) is 6.20 Å². The smallest absolute Gasteiger partial charge is 0.321 e. The fourth-order valence-electron chi connectivity index (χ4n) is 3.99. The minimum absolute atomic E-state index is 0.0576. The molecule has 1 fully saturated rings. The number of hydrogen-bond donors (Lipinski definition) is 2. The van der Waals surface area contributed by atoms with Crippen molar-refractivity contribution in [3.8, 4) is 0 Å². The van der Waals surface area contributed by atoms with Crippen molar-refractivity contribution < 1.29 is 14.0 Å². The number of nitrogens with one attached hydrogen (secondary N) is 2. The molecule has 1 aromatic carbocycles. The zero-order chi connectivity index (χ0) is 19.8. The summed E-state index contributed by atoms with van der Waals surface area (Å²) in [6.07, 6.45) is 4.67. The second kappa shape index (κ2) is 7.24. The van der Waals surface area contributed by atoms with Crippen molar-refractivity contribution in [3.05, 3.63) is 65.2 Å². The molecule has 0 radical (unpaired) electrons. The highest BCUT2D eigenvalue weighted by Gasteiger charge is 2.43. The maximum Gasteiger partial charge on any atom is 0.322 e. The molecular formula is C20H18ClFN4O2. The molecule has 2 aromatic rings. The van der Waals surface area contributed by atoms with Gasteiger partial charge in [0.25, 0.3) is 0 Å². The average molecular weight is 401 g/mol. The zero-order valence-corrected chi connectivity index (χ0v) is 15.7. The summed E-state index contributed by atoms with van der Waals surface area (Å²) in [5.41, 5.74) is 2.39. The summed E-state index contributed by atoms with van der Waals surface area (Å²) in [7, 11) is 0. The highest BCUT2D eigenvalue weighted by atomic mass is 35.5. The van der Waals surface area contributed by atoms with E-state index < -0.39 is 5.95 Å². The van der Waals surface area contributed by atoms with Crippen LogP contribution in [0.15, 0.2) is 43.1 Å². The molecule has 4 rings (SSSR count). The third kappa shape index (κ3) is 3.22. The van der Waals surface area contributed by atoms with Crippen LogP contribution in [0.2, 0.25) is 5.02 Å². The molecule has 2 N–H and O–H groups in total. The molecule has 2 aliphatic heterocycles. The second-order valence-electron chi connectivity index (χ2n) is 6.85. The summed E-state index contributed by atoms with van der Waals surface area (Å²) in [5.74, 6) is -0.817. The minimum Gasteiger partial charge on any atom is -0.321 e. The van der Waals surface area contributed by atoms with Crippen molar-refractivity contribution in [3.63, 3.8) is 0 Å². The van der Waals surface area contributed by atoms with E-state index in [2.05, 4.69) is 22.2 Å². The first-order chi connectivity index (χ1) is 13.5. The Kier molecular flexibility index (Phi) is 4.77. The number of pyridine rings is 1. The van der Waals surface area contributed by atoms with Crippen LogP contribution in [0.5, 0.6) is 0 Å². The number of aromatic nitrogens is 1. The van der Waals surface area contributed by atoms with Crippen molar-refractivity contribution in [2.75, 3.05) is 10.6 Å². The number of hydrogen-bond acceptors (Lipinski definition) is 3. The zero-order valence-electron chi connectivity index (χ0n) is 14.9. The Morgan fingerprint density at radius 2 is 2.11 bits per heavy atom. The Morgan fingerprint density at radius 1 is 1.29 bits per heavy atom. The van der Waals surface area contributed by atoms with Crippen LogP contribution in [-0.2, 0) is 11.2 Å². The lowest BCUT2D eigenvalue weighted by atomic mass is 9.95. The fourth-order valence-corrected chi connectivity index (χ4v) is 4.22. The van der Waals surface area contributed by atoms with E-state index in [-0.39, 0.29) is 24.0 Å². The number of nitrogens with zero attached hydrogens (tertiary/aromatic N) is 2. The molecule has 2 bridgehead atoms. The summed E-state index contributed by atoms with van der Waals surface area (Å²) in [6, 6.07) is 6.16. The van der Waals surface area contributed by atoms with Crippen LogP contribution < -0.4 is 10.6 Å². The van der Waals surface area contributed by atoms with Crippen LogP contribution in [0, 0.1) is 5.95 Å². The Labute approximate surface area is 166 Å². The molecule has 0 saturated carbocycles. The van der Waals surface area contributed by atoms with Gasteiger partial charge in [0.15, 0.2) is 0 Å². The van der Waals surface area contributed by atoms with Crippen molar-refractivity contribution in [2.45, 2.75) is 31.3 Å². The first kappa shape index (κ1) is 18.4. The number of carbonyl (C=O) groups is 2. The van der Waals surface area contributed by atoms with Gasteiger partial charge in [-0.05, 0) is 55.2 Å². The standard InChI is InChI=1S/C20H18ClFN4O2/c1-2-18(27)25-16-5-3-11(9-15(16)21)24-20(28)26-12-4-6-17(26)13-7-8-23-19(22)14(13)10-12/h2-3,5,7-9,12,17H,1,4,6,10H2,(H,24,28)(H,25,27)/t12-,17+/m0/s1. The lowest BCUT2D eigenvalue weighted by molar-refractivity contribution is -0.111. The normalized spacial score (nSPS) is 19.7. The topological polar surface area (TPSA) is 74.3 Å². The summed E-state index contributed by atoms with van der Waals surface area (Å²) >= 11 is 6.19. The highest BCUT2D eigenvalue weighted by Crippen LogP contribution is 2.44. The third-order valence-corrected chi connectivity index (χ3v) is 5.55. The quantitative estimate of drug-likeness (QED) is 0.596. The fraction of sp³-hybridized carbons (Fsp3) is 0.250. The Morgan fingerprint density at radius 3 is 2.86 bits per heavy atom. The average Bonchev–Trinajstić information content (AvgIpc) is 3.00. The van der Waals surface area contributed by atoms with Gasteiger partial charge in [0.2, 0.25) is 11.9 Å². The Bertz CT molecular complexity index is 981. The van der Waals surface area contributed by atoms with Crippen molar-refractivity contribution >= 4 is 34.9 Å². The third-order valence-electron chi connectivity index (χ3n) is 5.24. The van der Waals surface area contributed by atoms with Crippen LogP contribution in [0.1, 0.15) is 30.0 Å². The van der Waals surface area contributed by atoms with Gasteiger partial charge in [-0.1, -0.05) is 18.2 Å². The second-order valence-corrected chi connectivity index (χ2v) is 7.25. The highest BCUT2D eigenvalue weighted by molar-refractivity contribution is 6.34. The molecular weight excluding hydrogens is 383 g/mol. The van der Waals surface area contributed by atoms with Crippen molar-refractivity contribution in [1.82, 2.24) is 9.88 Å². The van der Waals surface area contributed by atoms with Gasteiger partial charge in [0, 0.05) is 23.5 Å². The van der Waals surface area contributed by atoms with Crippen LogP contribution in [-0.4, -0.2) is 27.9 Å². The molecule has 144 valence electrons. The molecule has 1 saturated heterocycles. The van der Waals surface area contributed by atoms with Crippen LogP contribution >= 0.6 is 11.6 Å². The van der Waals surface area contributed by atoms with Gasteiger partial charge < -0.3 is 15.5 Å². The number of urea groups is 1. The summed E-state index contributed by atoms with van der Waals surface area (Å²) in [5, 5.41) is 5.74. The molecule has 0 aliphatic carbocycles. The van der Waals surface area contributed by atoms with Gasteiger partial charge >= 0.3 is 6.03 Å². The van der Waals surface area contributed by atoms with E-state index in [4.69, 9.17) is 11.6 Å². The molecule has 28 heavy (non-hydrogen) atoms. The van der Waals surface area contributed by atoms with E-state index in [0.717, 1.165) is 24.5 Å². The molecule has 8 heteroatoms. The molecule has 2 aliphatic rings. The maximum atomic E-state index is 14.0. The van der Waals surface area contributed by atoms with E-state index in [9.17, 15) is 14.0 Å². The van der Waals surface area contributed by atoms with E-state index in [1.54, 1.807) is 29.2 Å². The van der Waals surface area contributed by atoms with Crippen molar-refractivity contribution in [1.29, 1.82) is 0 Å². The molecule has 3 heterocycles. The first-order valence-electron chi connectivity index (χ1n) is 8.93. The maximum absolute atomic E-state index is 14.0. The number of anilines is 2. The molecule has 2 atom stereocenters. The van der Waals surface area contributed by atoms with Gasteiger partial charge in [0.05, 0.1) is 16.8 Å². The predicted molar refractivity (Wildman–Crippen MR) is 105 cm³/mol. The van der Waals surface area contributed by atoms with Gasteiger partial charge in [0.1, 0.15) is 0 Å². The predicted octanol–water partition coefficient (Wildman–Crippen LogP) is 4.29. The van der Waals surface area contributed by atoms with Gasteiger partial charge in [-0.15, -0.1) is 0 Å². The Balaban J connectivity index is 1.52. The van der Waals surface area contributed by atoms with Gasteiger partial charge in [-0.25, -0.2) is 9.78 Å². The lowest BCUT2D eigenvalue weighted by Crippen LogP contribution is -2.44. The molecule has 0 unspecified atom stereocenters. The number of carbonyl (C=O) groups excluding carboxylic acids is 2. The minimum atomic E-state index is -0.446. The number of halogens is 2. The lowest BCUT2D eigenvalue weighted by Gasteiger charge is -2.36. The van der Waals surface area contributed by atoms with Crippen LogP contribution in [0.4, 0.5) is 20.6 Å². The van der Waals surface area contributed by atoms with Gasteiger partial charge in [-0.2, -0.15) is 4.39 Å². The monoisotopic (exact) mass is 400 g/mol. The number of rotatable bonds is 3. The first-order valence-corrected chi connectivity index (χ1v) is 9.31. The Hall–Kier alpha value is -2.93. The van der Waals surface area contributed by atoms with E-state index in [0.29, 0.717) is 28.4 Å². The van der Waals surface area contributed by atoms with E-state index in [1.807, 2.05) is 0 Å². The molecule has 1 aromatic heterocycles. The van der Waals surface area contributed by atoms with Crippen LogP contribution in [0.25, 0.3) is 0 Å². The van der Waals surface area contributed by atoms with Crippen LogP contribution in [0.3, 0.4) is 0 Å². The molecule has 3 amide bonds. The largest absolute Gasteiger partial charge is 0.322 e. The molecule has 6 nitrogen and oxygen atoms in total. The summed E-state index contributed by atoms with van der Waals surface area (Å²) in [4.78, 5) is 29.8. The summed E-state index contributed by atoms with van der Waals surface area (Å²) in [6.45, 7) is 3.39. The van der Waals surface area contributed by atoms with Gasteiger partial charge in [-0.3, -0.25) is 4.79 Å². The number of benzene rings is 1. The number of fused-ring (bicyclic) bond motifs is 4. The van der Waals surface area contributed by atoms with Crippen molar-refractivity contribution in [2.24, 2.45) is 0 Å². The SMILES string of the molecule is C=CC(=O)Nc1ccc(NC(=O)N2[C@H]3CC[C@@H]2c2ccnc(F)c2C3)cc1Cl. The summed E-state index contributed by atoms with van der Waals surface area (Å²) < 4.78 is 14.0. The number of amides is 3.